The fourth-order valence-electron chi connectivity index (χ4n) is 1.94. The van der Waals surface area contributed by atoms with Crippen molar-refractivity contribution >= 4 is 35.9 Å². The molecule has 0 radical (unpaired) electrons. The van der Waals surface area contributed by atoms with Gasteiger partial charge in [-0.15, -0.1) is 0 Å². The third-order valence-electron chi connectivity index (χ3n) is 2.97. The molecule has 0 unspecified atom stereocenters. The van der Waals surface area contributed by atoms with E-state index in [0.29, 0.717) is 11.6 Å². The molecule has 0 fully saturated rings. The maximum Gasteiger partial charge on any atom is 0.345 e. The van der Waals surface area contributed by atoms with Crippen LogP contribution in [-0.4, -0.2) is 21.5 Å². The Morgan fingerprint density at radius 1 is 1.33 bits per heavy atom. The number of nitro groups is 1. The summed E-state index contributed by atoms with van der Waals surface area (Å²) in [7, 11) is 3.31. The van der Waals surface area contributed by atoms with Gasteiger partial charge in [-0.3, -0.25) is 10.1 Å². The minimum absolute atomic E-state index is 0.0323. The first-order chi connectivity index (χ1) is 10.0. The van der Waals surface area contributed by atoms with Crippen molar-refractivity contribution in [1.29, 1.82) is 0 Å². The number of rotatable bonds is 4. The molecule has 1 aromatic heterocycles. The molecule has 0 saturated carbocycles. The van der Waals surface area contributed by atoms with E-state index in [1.165, 1.54) is 0 Å². The minimum atomic E-state index is -0.522. The van der Waals surface area contributed by atoms with Crippen LogP contribution in [0.3, 0.4) is 0 Å². The molecule has 1 N–H and O–H groups in total. The van der Waals surface area contributed by atoms with Crippen molar-refractivity contribution in [1.82, 2.24) is 9.55 Å². The van der Waals surface area contributed by atoms with Crippen molar-refractivity contribution in [3.05, 3.63) is 56.5 Å². The summed E-state index contributed by atoms with van der Waals surface area (Å²) in [5.41, 5.74) is 0.821. The first-order valence-electron chi connectivity index (χ1n) is 6.21. The lowest BCUT2D eigenvalue weighted by Gasteiger charge is -2.11. The summed E-state index contributed by atoms with van der Waals surface area (Å²) >= 11 is 5.02. The summed E-state index contributed by atoms with van der Waals surface area (Å²) in [6, 6.07) is 9.70. The third kappa shape index (κ3) is 3.14. The van der Waals surface area contributed by atoms with Gasteiger partial charge in [-0.1, -0.05) is 48.6 Å². The highest BCUT2D eigenvalue weighted by molar-refractivity contribution is 7.71. The van der Waals surface area contributed by atoms with Crippen LogP contribution in [0.25, 0.3) is 12.2 Å². The standard InChI is InChI=1S/C14H14N4O2S/c1-15-13-12(18(19)20)14(21)16-11(17(13)2)9-8-10-6-4-3-5-7-10/h3-9,15H,1-2H3/b9-8+. The van der Waals surface area contributed by atoms with E-state index in [4.69, 9.17) is 12.2 Å². The van der Waals surface area contributed by atoms with Crippen LogP contribution in [0.2, 0.25) is 0 Å². The lowest BCUT2D eigenvalue weighted by atomic mass is 10.2. The number of anilines is 1. The zero-order valence-corrected chi connectivity index (χ0v) is 12.4. The van der Waals surface area contributed by atoms with Crippen LogP contribution in [-0.2, 0) is 7.05 Å². The molecule has 21 heavy (non-hydrogen) atoms. The van der Waals surface area contributed by atoms with Crippen molar-refractivity contribution in [3.63, 3.8) is 0 Å². The van der Waals surface area contributed by atoms with Gasteiger partial charge in [0.1, 0.15) is 5.82 Å². The molecule has 2 rings (SSSR count). The van der Waals surface area contributed by atoms with Gasteiger partial charge in [0.25, 0.3) is 0 Å². The predicted molar refractivity (Wildman–Crippen MR) is 85.6 cm³/mol. The SMILES string of the molecule is CNc1c([N+](=O)[O-])c(=S)nc(/C=C/c2ccccc2)n1C. The fourth-order valence-corrected chi connectivity index (χ4v) is 2.21. The molecule has 0 saturated heterocycles. The molecule has 0 aliphatic heterocycles. The first-order valence-corrected chi connectivity index (χ1v) is 6.61. The highest BCUT2D eigenvalue weighted by Crippen LogP contribution is 2.25. The largest absolute Gasteiger partial charge is 0.369 e. The highest BCUT2D eigenvalue weighted by Gasteiger charge is 2.20. The minimum Gasteiger partial charge on any atom is -0.369 e. The molecular formula is C14H14N4O2S. The molecule has 6 nitrogen and oxygen atoms in total. The number of nitrogens with zero attached hydrogens (tertiary/aromatic N) is 3. The van der Waals surface area contributed by atoms with Crippen molar-refractivity contribution < 1.29 is 4.92 Å². The zero-order valence-electron chi connectivity index (χ0n) is 11.6. The topological polar surface area (TPSA) is 73.0 Å². The van der Waals surface area contributed by atoms with E-state index >= 15 is 0 Å². The Kier molecular flexibility index (Phi) is 4.44. The van der Waals surface area contributed by atoms with Crippen LogP contribution < -0.4 is 5.32 Å². The van der Waals surface area contributed by atoms with Crippen LogP contribution in [0.5, 0.6) is 0 Å². The maximum atomic E-state index is 11.1. The smallest absolute Gasteiger partial charge is 0.345 e. The van der Waals surface area contributed by atoms with E-state index < -0.39 is 4.92 Å². The molecule has 0 amide bonds. The summed E-state index contributed by atoms with van der Waals surface area (Å²) in [6.07, 6.45) is 3.65. The average molecular weight is 302 g/mol. The molecule has 7 heteroatoms. The summed E-state index contributed by atoms with van der Waals surface area (Å²) in [4.78, 5) is 14.7. The number of hydrogen-bond acceptors (Lipinski definition) is 5. The molecule has 0 aliphatic rings. The molecule has 0 aliphatic carbocycles. The van der Waals surface area contributed by atoms with E-state index in [2.05, 4.69) is 10.3 Å². The Bertz CT molecular complexity index is 754. The highest BCUT2D eigenvalue weighted by atomic mass is 32.1. The fraction of sp³-hybridized carbons (Fsp3) is 0.143. The number of aromatic nitrogens is 2. The third-order valence-corrected chi connectivity index (χ3v) is 3.25. The van der Waals surface area contributed by atoms with E-state index in [9.17, 15) is 10.1 Å². The van der Waals surface area contributed by atoms with Crippen LogP contribution in [0.15, 0.2) is 30.3 Å². The quantitative estimate of drug-likeness (QED) is 0.533. The molecule has 0 spiro atoms. The van der Waals surface area contributed by atoms with Gasteiger partial charge in [0.2, 0.25) is 4.64 Å². The molecular weight excluding hydrogens is 288 g/mol. The lowest BCUT2D eigenvalue weighted by molar-refractivity contribution is -0.385. The lowest BCUT2D eigenvalue weighted by Crippen LogP contribution is -2.11. The summed E-state index contributed by atoms with van der Waals surface area (Å²) in [5.74, 6) is 0.867. The Balaban J connectivity index is 2.52. The van der Waals surface area contributed by atoms with Crippen LogP contribution >= 0.6 is 12.2 Å². The Morgan fingerprint density at radius 2 is 2.00 bits per heavy atom. The second kappa shape index (κ2) is 6.27. The summed E-state index contributed by atoms with van der Waals surface area (Å²) in [5, 5.41) is 13.9. The van der Waals surface area contributed by atoms with Gasteiger partial charge in [-0.2, -0.15) is 0 Å². The molecule has 1 heterocycles. The maximum absolute atomic E-state index is 11.1. The predicted octanol–water partition coefficient (Wildman–Crippen LogP) is 3.27. The average Bonchev–Trinajstić information content (AvgIpc) is 2.48. The van der Waals surface area contributed by atoms with Crippen LogP contribution in [0, 0.1) is 14.8 Å². The van der Waals surface area contributed by atoms with Crippen molar-refractivity contribution in [2.75, 3.05) is 12.4 Å². The van der Waals surface area contributed by atoms with E-state index in [-0.39, 0.29) is 10.3 Å². The van der Waals surface area contributed by atoms with Gasteiger partial charge < -0.3 is 9.88 Å². The Morgan fingerprint density at radius 3 is 2.57 bits per heavy atom. The van der Waals surface area contributed by atoms with Gasteiger partial charge in [-0.25, -0.2) is 4.98 Å². The number of hydrogen-bond donors (Lipinski definition) is 1. The molecule has 0 bridgehead atoms. The second-order valence-corrected chi connectivity index (χ2v) is 4.67. The first kappa shape index (κ1) is 14.9. The van der Waals surface area contributed by atoms with Crippen LogP contribution in [0.4, 0.5) is 11.5 Å². The van der Waals surface area contributed by atoms with Crippen molar-refractivity contribution in [2.45, 2.75) is 0 Å². The van der Waals surface area contributed by atoms with Crippen molar-refractivity contribution in [3.8, 4) is 0 Å². The number of benzene rings is 1. The molecule has 2 aromatic rings. The Labute approximate surface area is 126 Å². The van der Waals surface area contributed by atoms with Gasteiger partial charge in [0, 0.05) is 14.1 Å². The normalized spacial score (nSPS) is 10.8. The van der Waals surface area contributed by atoms with Gasteiger partial charge in [0.15, 0.2) is 5.82 Å². The van der Waals surface area contributed by atoms with Crippen LogP contribution in [0.1, 0.15) is 11.4 Å². The molecule has 0 atom stereocenters. The van der Waals surface area contributed by atoms with Gasteiger partial charge in [0.05, 0.1) is 4.92 Å². The molecule has 1 aromatic carbocycles. The van der Waals surface area contributed by atoms with Crippen molar-refractivity contribution in [2.24, 2.45) is 7.05 Å². The van der Waals surface area contributed by atoms with E-state index in [0.717, 1.165) is 5.56 Å². The molecule has 108 valence electrons. The van der Waals surface area contributed by atoms with Gasteiger partial charge in [-0.05, 0) is 11.6 Å². The zero-order chi connectivity index (χ0) is 15.4. The Hall–Kier alpha value is -2.54. The summed E-state index contributed by atoms with van der Waals surface area (Å²) in [6.45, 7) is 0. The monoisotopic (exact) mass is 302 g/mol. The second-order valence-electron chi connectivity index (χ2n) is 4.28. The summed E-state index contributed by atoms with van der Waals surface area (Å²) < 4.78 is 1.57. The van der Waals surface area contributed by atoms with E-state index in [1.807, 2.05) is 36.4 Å². The van der Waals surface area contributed by atoms with E-state index in [1.54, 1.807) is 24.7 Å². The number of nitrogens with one attached hydrogen (secondary N) is 1. The van der Waals surface area contributed by atoms with Gasteiger partial charge >= 0.3 is 5.69 Å².